The van der Waals surface area contributed by atoms with Crippen LogP contribution in [0.25, 0.3) is 6.08 Å². The molecule has 0 aromatic heterocycles. The van der Waals surface area contributed by atoms with Crippen molar-refractivity contribution in [3.8, 4) is 0 Å². The van der Waals surface area contributed by atoms with E-state index in [1.807, 2.05) is 0 Å². The van der Waals surface area contributed by atoms with Gasteiger partial charge in [0.15, 0.2) is 0 Å². The molecule has 2 amide bonds. The average molecular weight is 280 g/mol. The van der Waals surface area contributed by atoms with Gasteiger partial charge in [-0.1, -0.05) is 12.1 Å². The lowest BCUT2D eigenvalue weighted by Crippen LogP contribution is -2.36. The van der Waals surface area contributed by atoms with Crippen LogP contribution in [0.5, 0.6) is 0 Å². The SMILES string of the molecule is CN(C)CN1C(=O)S/C(=C\c2ccc(F)cc2)C1=O. The summed E-state index contributed by atoms with van der Waals surface area (Å²) in [6.45, 7) is 0.255. The van der Waals surface area contributed by atoms with Gasteiger partial charge in [0.2, 0.25) is 0 Å². The third kappa shape index (κ3) is 3.21. The van der Waals surface area contributed by atoms with Gasteiger partial charge in [0.1, 0.15) is 5.82 Å². The Labute approximate surface area is 114 Å². The first kappa shape index (κ1) is 13.8. The second-order valence-electron chi connectivity index (χ2n) is 4.38. The number of carbonyl (C=O) groups is 2. The van der Waals surface area contributed by atoms with E-state index in [1.165, 1.54) is 17.0 Å². The number of rotatable bonds is 3. The largest absolute Gasteiger partial charge is 0.294 e. The summed E-state index contributed by atoms with van der Waals surface area (Å²) >= 11 is 0.901. The van der Waals surface area contributed by atoms with Crippen LogP contribution in [-0.2, 0) is 4.79 Å². The van der Waals surface area contributed by atoms with Crippen molar-refractivity contribution in [1.29, 1.82) is 0 Å². The predicted octanol–water partition coefficient (Wildman–Crippen LogP) is 2.38. The van der Waals surface area contributed by atoms with Gasteiger partial charge >= 0.3 is 0 Å². The molecule has 1 saturated heterocycles. The van der Waals surface area contributed by atoms with Crippen molar-refractivity contribution in [3.05, 3.63) is 40.6 Å². The fourth-order valence-electron chi connectivity index (χ4n) is 1.62. The van der Waals surface area contributed by atoms with Gasteiger partial charge in [-0.2, -0.15) is 0 Å². The molecule has 0 atom stereocenters. The minimum Gasteiger partial charge on any atom is -0.292 e. The van der Waals surface area contributed by atoms with E-state index in [2.05, 4.69) is 0 Å². The monoisotopic (exact) mass is 280 g/mol. The average Bonchev–Trinajstić information content (AvgIpc) is 2.60. The Hall–Kier alpha value is -1.66. The molecule has 19 heavy (non-hydrogen) atoms. The first-order valence-electron chi connectivity index (χ1n) is 5.63. The van der Waals surface area contributed by atoms with Crippen molar-refractivity contribution in [2.75, 3.05) is 20.8 Å². The van der Waals surface area contributed by atoms with Crippen molar-refractivity contribution in [1.82, 2.24) is 9.80 Å². The van der Waals surface area contributed by atoms with Gasteiger partial charge in [0.25, 0.3) is 11.1 Å². The van der Waals surface area contributed by atoms with E-state index in [0.717, 1.165) is 11.8 Å². The molecule has 1 heterocycles. The Bertz CT molecular complexity index is 540. The second-order valence-corrected chi connectivity index (χ2v) is 5.38. The van der Waals surface area contributed by atoms with Crippen LogP contribution in [0.4, 0.5) is 9.18 Å². The molecule has 0 spiro atoms. The fourth-order valence-corrected chi connectivity index (χ4v) is 2.45. The Morgan fingerprint density at radius 1 is 1.26 bits per heavy atom. The van der Waals surface area contributed by atoms with E-state index in [0.29, 0.717) is 10.5 Å². The number of nitrogens with zero attached hydrogens (tertiary/aromatic N) is 2. The van der Waals surface area contributed by atoms with Gasteiger partial charge in [0, 0.05) is 0 Å². The van der Waals surface area contributed by atoms with Crippen molar-refractivity contribution in [3.63, 3.8) is 0 Å². The lowest BCUT2D eigenvalue weighted by Gasteiger charge is -2.17. The lowest BCUT2D eigenvalue weighted by atomic mass is 10.2. The van der Waals surface area contributed by atoms with Gasteiger partial charge in [-0.15, -0.1) is 0 Å². The summed E-state index contributed by atoms with van der Waals surface area (Å²) in [6, 6.07) is 5.76. The van der Waals surface area contributed by atoms with E-state index in [9.17, 15) is 14.0 Å². The van der Waals surface area contributed by atoms with E-state index < -0.39 is 0 Å². The first-order valence-corrected chi connectivity index (χ1v) is 6.44. The Morgan fingerprint density at radius 2 is 1.89 bits per heavy atom. The highest BCUT2D eigenvalue weighted by molar-refractivity contribution is 8.18. The van der Waals surface area contributed by atoms with Crippen LogP contribution in [0, 0.1) is 5.82 Å². The molecule has 6 heteroatoms. The molecule has 0 N–H and O–H groups in total. The molecule has 0 bridgehead atoms. The molecule has 0 saturated carbocycles. The van der Waals surface area contributed by atoms with Gasteiger partial charge in [-0.25, -0.2) is 4.39 Å². The van der Waals surface area contributed by atoms with Gasteiger partial charge in [0.05, 0.1) is 11.6 Å². The number of carbonyl (C=O) groups excluding carboxylic acids is 2. The molecule has 0 radical (unpaired) electrons. The molecular weight excluding hydrogens is 267 g/mol. The van der Waals surface area contributed by atoms with Crippen molar-refractivity contribution in [2.24, 2.45) is 0 Å². The molecule has 4 nitrogen and oxygen atoms in total. The number of benzene rings is 1. The summed E-state index contributed by atoms with van der Waals surface area (Å²) in [5.74, 6) is -0.647. The smallest absolute Gasteiger partial charge is 0.292 e. The number of imide groups is 1. The summed E-state index contributed by atoms with van der Waals surface area (Å²) < 4.78 is 12.8. The summed E-state index contributed by atoms with van der Waals surface area (Å²) in [5.41, 5.74) is 0.691. The van der Waals surface area contributed by atoms with Crippen molar-refractivity contribution >= 4 is 29.0 Å². The molecular formula is C13H13FN2O2S. The molecule has 1 fully saturated rings. The molecule has 1 aromatic carbocycles. The normalized spacial score (nSPS) is 17.9. The van der Waals surface area contributed by atoms with Crippen LogP contribution in [0.2, 0.25) is 0 Å². The Morgan fingerprint density at radius 3 is 2.47 bits per heavy atom. The van der Waals surface area contributed by atoms with Crippen LogP contribution >= 0.6 is 11.8 Å². The topological polar surface area (TPSA) is 40.6 Å². The maximum Gasteiger partial charge on any atom is 0.294 e. The Kier molecular flexibility index (Phi) is 4.01. The number of hydrogen-bond donors (Lipinski definition) is 0. The van der Waals surface area contributed by atoms with Crippen LogP contribution in [0.3, 0.4) is 0 Å². The number of hydrogen-bond acceptors (Lipinski definition) is 4. The van der Waals surface area contributed by atoms with Crippen LogP contribution in [0.15, 0.2) is 29.2 Å². The zero-order valence-electron chi connectivity index (χ0n) is 10.6. The van der Waals surface area contributed by atoms with E-state index in [-0.39, 0.29) is 23.6 Å². The molecule has 1 aliphatic heterocycles. The highest BCUT2D eigenvalue weighted by Gasteiger charge is 2.35. The molecule has 100 valence electrons. The summed E-state index contributed by atoms with van der Waals surface area (Å²) in [5, 5.41) is -0.285. The van der Waals surface area contributed by atoms with Crippen LogP contribution in [-0.4, -0.2) is 41.7 Å². The number of amides is 2. The fraction of sp³-hybridized carbons (Fsp3) is 0.231. The molecule has 0 unspecified atom stereocenters. The van der Waals surface area contributed by atoms with E-state index in [1.54, 1.807) is 37.2 Å². The maximum atomic E-state index is 12.8. The van der Waals surface area contributed by atoms with Crippen molar-refractivity contribution in [2.45, 2.75) is 0 Å². The van der Waals surface area contributed by atoms with Crippen LogP contribution < -0.4 is 0 Å². The molecule has 1 aromatic rings. The standard InChI is InChI=1S/C13H13FN2O2S/c1-15(2)8-16-12(17)11(19-13(16)18)7-9-3-5-10(14)6-4-9/h3-7H,8H2,1-2H3/b11-7-. The third-order valence-corrected chi connectivity index (χ3v) is 3.37. The van der Waals surface area contributed by atoms with Gasteiger partial charge in [-0.3, -0.25) is 19.4 Å². The zero-order valence-corrected chi connectivity index (χ0v) is 11.4. The Balaban J connectivity index is 2.20. The highest BCUT2D eigenvalue weighted by atomic mass is 32.2. The number of halogens is 1. The van der Waals surface area contributed by atoms with Gasteiger partial charge in [-0.05, 0) is 49.6 Å². The summed E-state index contributed by atoms with van der Waals surface area (Å²) in [7, 11) is 3.57. The minimum atomic E-state index is -0.335. The summed E-state index contributed by atoms with van der Waals surface area (Å²) in [4.78, 5) is 27.0. The molecule has 2 rings (SSSR count). The van der Waals surface area contributed by atoms with E-state index in [4.69, 9.17) is 0 Å². The predicted molar refractivity (Wildman–Crippen MR) is 72.8 cm³/mol. The molecule has 0 aliphatic carbocycles. The minimum absolute atomic E-state index is 0.255. The lowest BCUT2D eigenvalue weighted by molar-refractivity contribution is -0.123. The zero-order chi connectivity index (χ0) is 14.0. The first-order chi connectivity index (χ1) is 8.97. The highest BCUT2D eigenvalue weighted by Crippen LogP contribution is 2.32. The number of thioether (sulfide) groups is 1. The third-order valence-electron chi connectivity index (χ3n) is 2.47. The van der Waals surface area contributed by atoms with Crippen molar-refractivity contribution < 1.29 is 14.0 Å². The quantitative estimate of drug-likeness (QED) is 0.797. The van der Waals surface area contributed by atoms with Gasteiger partial charge < -0.3 is 0 Å². The van der Waals surface area contributed by atoms with E-state index >= 15 is 0 Å². The summed E-state index contributed by atoms with van der Waals surface area (Å²) in [6.07, 6.45) is 1.60. The maximum absolute atomic E-state index is 12.8. The molecule has 1 aliphatic rings. The second kappa shape index (κ2) is 5.54. The van der Waals surface area contributed by atoms with Crippen LogP contribution in [0.1, 0.15) is 5.56 Å².